The van der Waals surface area contributed by atoms with Crippen LogP contribution in [0.25, 0.3) is 0 Å². The highest BCUT2D eigenvalue weighted by Crippen LogP contribution is 2.25. The summed E-state index contributed by atoms with van der Waals surface area (Å²) in [6.07, 6.45) is 0. The first-order valence-electron chi connectivity index (χ1n) is 7.78. The predicted molar refractivity (Wildman–Crippen MR) is 105 cm³/mol. The molecule has 0 unspecified atom stereocenters. The molecular formula is C16H32N2Si3. The fraction of sp³-hybridized carbons (Fsp3) is 0.562. The van der Waals surface area contributed by atoms with Crippen LogP contribution in [-0.2, 0) is 0 Å². The summed E-state index contributed by atoms with van der Waals surface area (Å²) in [4.78, 5) is 0. The maximum Gasteiger partial charge on any atom is 0.174 e. The van der Waals surface area contributed by atoms with Crippen LogP contribution in [-0.4, -0.2) is 34.8 Å². The van der Waals surface area contributed by atoms with Crippen LogP contribution in [0.5, 0.6) is 0 Å². The molecular weight excluding hydrogens is 304 g/mol. The number of benzene rings is 1. The molecule has 1 rings (SSSR count). The summed E-state index contributed by atoms with van der Waals surface area (Å²) in [7, 11) is -4.50. The predicted octanol–water partition coefficient (Wildman–Crippen LogP) is 5.24. The molecule has 0 amide bonds. The Morgan fingerprint density at radius 1 is 0.762 bits per heavy atom. The van der Waals surface area contributed by atoms with Crippen molar-refractivity contribution in [2.75, 3.05) is 0 Å². The standard InChI is InChI=1S/C16H32N2Si3/c1-19(2,3)17-16(15-13-11-10-12-14-15)18(20(4,5)6)21(7,8)9/h10-14H,1-9H3. The van der Waals surface area contributed by atoms with Crippen molar-refractivity contribution in [2.45, 2.75) is 58.9 Å². The summed E-state index contributed by atoms with van der Waals surface area (Å²) in [5, 5.41) is 0. The van der Waals surface area contributed by atoms with Gasteiger partial charge in [-0.2, -0.15) is 0 Å². The van der Waals surface area contributed by atoms with Crippen molar-refractivity contribution >= 4 is 30.5 Å². The molecule has 0 N–H and O–H groups in total. The monoisotopic (exact) mass is 336 g/mol. The summed E-state index contributed by atoms with van der Waals surface area (Å²) in [5.74, 6) is 1.26. The highest BCUT2D eigenvalue weighted by molar-refractivity contribution is 6.93. The van der Waals surface area contributed by atoms with Crippen LogP contribution in [0.2, 0.25) is 58.9 Å². The van der Waals surface area contributed by atoms with Gasteiger partial charge in [0.25, 0.3) is 0 Å². The summed E-state index contributed by atoms with van der Waals surface area (Å²) in [5.41, 5.74) is 1.28. The Hall–Kier alpha value is -0.659. The van der Waals surface area contributed by atoms with Crippen LogP contribution >= 0.6 is 0 Å². The van der Waals surface area contributed by atoms with E-state index in [9.17, 15) is 0 Å². The lowest BCUT2D eigenvalue weighted by atomic mass is 10.2. The van der Waals surface area contributed by atoms with E-state index < -0.39 is 24.7 Å². The van der Waals surface area contributed by atoms with Gasteiger partial charge < -0.3 is 8.89 Å². The van der Waals surface area contributed by atoms with Gasteiger partial charge in [-0.1, -0.05) is 69.6 Å². The molecule has 2 nitrogen and oxygen atoms in total. The molecule has 0 radical (unpaired) electrons. The molecule has 1 aromatic rings. The van der Waals surface area contributed by atoms with Gasteiger partial charge in [0.1, 0.15) is 22.3 Å². The van der Waals surface area contributed by atoms with Gasteiger partial charge in [0.15, 0.2) is 8.24 Å². The maximum absolute atomic E-state index is 5.26. The van der Waals surface area contributed by atoms with Crippen molar-refractivity contribution in [3.63, 3.8) is 0 Å². The third-order valence-corrected chi connectivity index (χ3v) is 11.0. The lowest BCUT2D eigenvalue weighted by Gasteiger charge is -2.47. The summed E-state index contributed by atoms with van der Waals surface area (Å²) in [6, 6.07) is 10.8. The van der Waals surface area contributed by atoms with Gasteiger partial charge in [0, 0.05) is 5.56 Å². The van der Waals surface area contributed by atoms with Gasteiger partial charge in [-0.15, -0.1) is 0 Å². The van der Waals surface area contributed by atoms with Crippen LogP contribution in [0.1, 0.15) is 5.56 Å². The molecule has 0 aliphatic rings. The Bertz CT molecular complexity index is 477. The zero-order valence-corrected chi connectivity index (χ0v) is 18.3. The number of hydrogen-bond donors (Lipinski definition) is 0. The average molecular weight is 337 g/mol. The molecule has 1 aromatic carbocycles. The first-order chi connectivity index (χ1) is 9.32. The molecule has 0 saturated carbocycles. The molecule has 0 spiro atoms. The fourth-order valence-corrected chi connectivity index (χ4v) is 13.5. The summed E-state index contributed by atoms with van der Waals surface area (Å²) >= 11 is 0. The zero-order chi connectivity index (χ0) is 16.5. The van der Waals surface area contributed by atoms with Crippen molar-refractivity contribution in [1.82, 2.24) is 4.23 Å². The van der Waals surface area contributed by atoms with E-state index in [1.807, 2.05) is 0 Å². The minimum atomic E-state index is -1.53. The molecule has 0 fully saturated rings. The van der Waals surface area contributed by atoms with Gasteiger partial charge in [0.05, 0.1) is 0 Å². The minimum Gasteiger partial charge on any atom is -0.410 e. The van der Waals surface area contributed by atoms with Gasteiger partial charge in [-0.05, 0) is 19.6 Å². The van der Waals surface area contributed by atoms with E-state index >= 15 is 0 Å². The molecule has 0 saturated heterocycles. The third-order valence-electron chi connectivity index (χ3n) is 3.03. The van der Waals surface area contributed by atoms with E-state index in [2.05, 4.69) is 93.5 Å². The van der Waals surface area contributed by atoms with E-state index in [1.54, 1.807) is 0 Å². The van der Waals surface area contributed by atoms with Crippen LogP contribution in [0.3, 0.4) is 0 Å². The number of rotatable bonds is 4. The molecule has 0 heterocycles. The van der Waals surface area contributed by atoms with Gasteiger partial charge in [0.2, 0.25) is 0 Å². The first-order valence-corrected chi connectivity index (χ1v) is 18.1. The highest BCUT2D eigenvalue weighted by Gasteiger charge is 2.37. The fourth-order valence-electron chi connectivity index (χ4n) is 2.79. The Balaban J connectivity index is 3.53. The second kappa shape index (κ2) is 6.22. The lowest BCUT2D eigenvalue weighted by molar-refractivity contribution is 0.900. The number of hydrogen-bond acceptors (Lipinski definition) is 1. The first kappa shape index (κ1) is 18.4. The Labute approximate surface area is 134 Å². The molecule has 21 heavy (non-hydrogen) atoms. The zero-order valence-electron chi connectivity index (χ0n) is 15.3. The maximum atomic E-state index is 5.26. The van der Waals surface area contributed by atoms with Crippen molar-refractivity contribution in [1.29, 1.82) is 0 Å². The molecule has 0 aromatic heterocycles. The van der Waals surface area contributed by atoms with E-state index in [1.165, 1.54) is 11.4 Å². The van der Waals surface area contributed by atoms with E-state index in [0.717, 1.165) is 0 Å². The molecule has 0 aliphatic heterocycles. The molecule has 0 atom stereocenters. The highest BCUT2D eigenvalue weighted by atomic mass is 28.4. The van der Waals surface area contributed by atoms with Crippen LogP contribution in [0.4, 0.5) is 0 Å². The van der Waals surface area contributed by atoms with Gasteiger partial charge >= 0.3 is 0 Å². The van der Waals surface area contributed by atoms with E-state index in [4.69, 9.17) is 4.66 Å². The minimum absolute atomic E-state index is 1.26. The molecule has 0 aliphatic carbocycles. The largest absolute Gasteiger partial charge is 0.410 e. The normalized spacial score (nSPS) is 14.2. The quantitative estimate of drug-likeness (QED) is 0.417. The third kappa shape index (κ3) is 5.56. The second-order valence-corrected chi connectivity index (χ2v) is 23.2. The molecule has 0 bridgehead atoms. The average Bonchev–Trinajstić information content (AvgIpc) is 2.23. The number of nitrogens with zero attached hydrogens (tertiary/aromatic N) is 2. The SMILES string of the molecule is C[Si](C)(C)N=C(c1ccccc1)N([Si](C)(C)C)[Si](C)(C)C. The lowest BCUT2D eigenvalue weighted by Crippen LogP contribution is -2.62. The Morgan fingerprint density at radius 3 is 1.52 bits per heavy atom. The second-order valence-electron chi connectivity index (χ2n) is 8.65. The number of amidine groups is 1. The van der Waals surface area contributed by atoms with Gasteiger partial charge in [-0.25, -0.2) is 0 Å². The Morgan fingerprint density at radius 2 is 1.19 bits per heavy atom. The smallest absolute Gasteiger partial charge is 0.174 e. The van der Waals surface area contributed by atoms with Crippen LogP contribution < -0.4 is 0 Å². The van der Waals surface area contributed by atoms with Gasteiger partial charge in [-0.3, -0.25) is 0 Å². The topological polar surface area (TPSA) is 15.6 Å². The molecule has 5 heteroatoms. The van der Waals surface area contributed by atoms with Crippen molar-refractivity contribution in [2.24, 2.45) is 4.66 Å². The molecule has 118 valence electrons. The van der Waals surface area contributed by atoms with Crippen molar-refractivity contribution in [3.8, 4) is 0 Å². The summed E-state index contributed by atoms with van der Waals surface area (Å²) in [6.45, 7) is 21.6. The van der Waals surface area contributed by atoms with Crippen molar-refractivity contribution in [3.05, 3.63) is 35.9 Å². The van der Waals surface area contributed by atoms with Crippen LogP contribution in [0.15, 0.2) is 35.0 Å². The van der Waals surface area contributed by atoms with E-state index in [-0.39, 0.29) is 0 Å². The summed E-state index contributed by atoms with van der Waals surface area (Å²) < 4.78 is 8.01. The Kier molecular flexibility index (Phi) is 5.45. The van der Waals surface area contributed by atoms with Crippen molar-refractivity contribution < 1.29 is 0 Å². The van der Waals surface area contributed by atoms with E-state index in [0.29, 0.717) is 0 Å². The van der Waals surface area contributed by atoms with Crippen LogP contribution in [0, 0.1) is 0 Å².